The quantitative estimate of drug-likeness (QED) is 0.289. The van der Waals surface area contributed by atoms with Crippen LogP contribution in [0, 0.1) is 0 Å². The number of aromatic nitrogens is 2. The van der Waals surface area contributed by atoms with E-state index in [9.17, 15) is 33.0 Å². The van der Waals surface area contributed by atoms with E-state index in [2.05, 4.69) is 15.5 Å². The SMILES string of the molecule is O=C(O)c1cccc(Oc2nnc(NC(=O)C(OC3CCOCC3)c3ccc(S(=O)(=O)C4CC4)cc3)s2)c1C(=O)O. The lowest BCUT2D eigenvalue weighted by atomic mass is 10.1. The standard InChI is InChI=1S/C26H25N3O10S2/c30-22(27-25-28-29-26(40-25)39-19-3-1-2-18(23(31)32)20(19)24(33)34)21(38-15-10-12-37-13-11-15)14-4-6-16(7-5-14)41(35,36)17-8-9-17/h1-7,15,17,21H,8-13H2,(H,31,32)(H,33,34)(H,27,28,30). The summed E-state index contributed by atoms with van der Waals surface area (Å²) in [6, 6.07) is 9.79. The fourth-order valence-electron chi connectivity index (χ4n) is 4.28. The maximum absolute atomic E-state index is 13.4. The van der Waals surface area contributed by atoms with Crippen molar-refractivity contribution in [3.05, 3.63) is 59.2 Å². The van der Waals surface area contributed by atoms with Crippen molar-refractivity contribution in [1.29, 1.82) is 0 Å². The number of carbonyl (C=O) groups excluding carboxylic acids is 1. The number of amides is 1. The number of benzene rings is 2. The number of hydrogen-bond donors (Lipinski definition) is 3. The van der Waals surface area contributed by atoms with Crippen molar-refractivity contribution in [3.63, 3.8) is 0 Å². The van der Waals surface area contributed by atoms with Gasteiger partial charge in [-0.1, -0.05) is 23.3 Å². The molecule has 3 aromatic rings. The molecular weight excluding hydrogens is 578 g/mol. The molecule has 3 N–H and O–H groups in total. The van der Waals surface area contributed by atoms with E-state index in [1.807, 2.05) is 0 Å². The Morgan fingerprint density at radius 3 is 2.32 bits per heavy atom. The maximum atomic E-state index is 13.4. The van der Waals surface area contributed by atoms with Crippen LogP contribution >= 0.6 is 11.3 Å². The summed E-state index contributed by atoms with van der Waals surface area (Å²) < 4.78 is 42.2. The molecule has 1 unspecified atom stereocenters. The number of sulfone groups is 1. The number of hydrogen-bond acceptors (Lipinski definition) is 11. The van der Waals surface area contributed by atoms with E-state index >= 15 is 0 Å². The number of anilines is 1. The van der Waals surface area contributed by atoms with Crippen LogP contribution in [0.1, 0.15) is 58.1 Å². The Labute approximate surface area is 238 Å². The van der Waals surface area contributed by atoms with Crippen LogP contribution in [-0.4, -0.2) is 71.2 Å². The van der Waals surface area contributed by atoms with Gasteiger partial charge in [0.1, 0.15) is 11.3 Å². The number of carboxylic acids is 2. The maximum Gasteiger partial charge on any atom is 0.340 e. The van der Waals surface area contributed by atoms with Gasteiger partial charge in [-0.05, 0) is 66.8 Å². The van der Waals surface area contributed by atoms with Gasteiger partial charge in [-0.2, -0.15) is 0 Å². The first-order valence-corrected chi connectivity index (χ1v) is 15.0. The highest BCUT2D eigenvalue weighted by Gasteiger charge is 2.37. The van der Waals surface area contributed by atoms with Crippen LogP contribution < -0.4 is 10.1 Å². The predicted octanol–water partition coefficient (Wildman–Crippen LogP) is 3.54. The molecule has 1 atom stereocenters. The normalized spacial score (nSPS) is 16.6. The van der Waals surface area contributed by atoms with E-state index in [1.54, 1.807) is 12.1 Å². The van der Waals surface area contributed by atoms with E-state index in [-0.39, 0.29) is 32.3 Å². The number of aromatic carboxylic acids is 2. The van der Waals surface area contributed by atoms with E-state index < -0.39 is 44.9 Å². The van der Waals surface area contributed by atoms with Crippen molar-refractivity contribution in [2.45, 2.75) is 48.0 Å². The van der Waals surface area contributed by atoms with Crippen molar-refractivity contribution < 1.29 is 47.2 Å². The molecule has 1 aromatic heterocycles. The van der Waals surface area contributed by atoms with Gasteiger partial charge in [-0.3, -0.25) is 10.1 Å². The number of nitrogens with zero attached hydrogens (tertiary/aromatic N) is 2. The average Bonchev–Trinajstić information content (AvgIpc) is 3.74. The molecule has 5 rings (SSSR count). The monoisotopic (exact) mass is 603 g/mol. The van der Waals surface area contributed by atoms with Gasteiger partial charge in [-0.15, -0.1) is 5.10 Å². The molecule has 41 heavy (non-hydrogen) atoms. The first kappa shape index (κ1) is 28.6. The Bertz CT molecular complexity index is 1560. The molecule has 2 heterocycles. The average molecular weight is 604 g/mol. The summed E-state index contributed by atoms with van der Waals surface area (Å²) in [4.78, 5) is 36.7. The van der Waals surface area contributed by atoms with Crippen LogP contribution in [0.5, 0.6) is 10.9 Å². The van der Waals surface area contributed by atoms with Crippen LogP contribution in [0.15, 0.2) is 47.4 Å². The van der Waals surface area contributed by atoms with Crippen LogP contribution in [-0.2, 0) is 24.1 Å². The summed E-state index contributed by atoms with van der Waals surface area (Å²) in [5.41, 5.74) is -0.573. The van der Waals surface area contributed by atoms with Gasteiger partial charge >= 0.3 is 17.1 Å². The van der Waals surface area contributed by atoms with Crippen molar-refractivity contribution in [2.75, 3.05) is 18.5 Å². The second-order valence-corrected chi connectivity index (χ2v) is 12.6. The summed E-state index contributed by atoms with van der Waals surface area (Å²) >= 11 is 0.794. The van der Waals surface area contributed by atoms with Gasteiger partial charge in [0.05, 0.1) is 21.8 Å². The lowest BCUT2D eigenvalue weighted by molar-refractivity contribution is -0.136. The molecule has 2 aliphatic rings. The molecule has 0 bridgehead atoms. The van der Waals surface area contributed by atoms with Gasteiger partial charge in [0.2, 0.25) is 5.13 Å². The number of carboxylic acid groups (broad SMARTS) is 2. The summed E-state index contributed by atoms with van der Waals surface area (Å²) in [6.07, 6.45) is 1.07. The minimum atomic E-state index is -3.40. The number of carbonyl (C=O) groups is 3. The highest BCUT2D eigenvalue weighted by molar-refractivity contribution is 7.92. The summed E-state index contributed by atoms with van der Waals surface area (Å²) in [5, 5.41) is 28.6. The lowest BCUT2D eigenvalue weighted by Gasteiger charge is -2.27. The van der Waals surface area contributed by atoms with Crippen molar-refractivity contribution in [2.24, 2.45) is 0 Å². The first-order chi connectivity index (χ1) is 19.6. The van der Waals surface area contributed by atoms with Crippen molar-refractivity contribution in [1.82, 2.24) is 10.2 Å². The third-order valence-electron chi connectivity index (χ3n) is 6.51. The number of ether oxygens (including phenoxy) is 3. The van der Waals surface area contributed by atoms with Gasteiger partial charge in [-0.25, -0.2) is 18.0 Å². The third-order valence-corrected chi connectivity index (χ3v) is 9.51. The fraction of sp³-hybridized carbons (Fsp3) is 0.346. The highest BCUT2D eigenvalue weighted by Crippen LogP contribution is 2.35. The summed E-state index contributed by atoms with van der Waals surface area (Å²) in [5.74, 6) is -3.78. The van der Waals surface area contributed by atoms with Crippen LogP contribution in [0.2, 0.25) is 0 Å². The Kier molecular flexibility index (Phi) is 8.30. The molecule has 2 fully saturated rings. The van der Waals surface area contributed by atoms with Crippen molar-refractivity contribution in [3.8, 4) is 10.9 Å². The minimum absolute atomic E-state index is 0.0183. The molecule has 13 nitrogen and oxygen atoms in total. The molecule has 1 aliphatic heterocycles. The van der Waals surface area contributed by atoms with Gasteiger partial charge in [0, 0.05) is 13.2 Å². The minimum Gasteiger partial charge on any atom is -0.478 e. The van der Waals surface area contributed by atoms with E-state index in [0.29, 0.717) is 44.5 Å². The second-order valence-electron chi connectivity index (χ2n) is 9.39. The number of nitrogens with one attached hydrogen (secondary N) is 1. The smallest absolute Gasteiger partial charge is 0.340 e. The zero-order valence-corrected chi connectivity index (χ0v) is 23.0. The Morgan fingerprint density at radius 1 is 0.976 bits per heavy atom. The molecule has 1 saturated heterocycles. The molecular formula is C26H25N3O10S2. The Morgan fingerprint density at radius 2 is 1.68 bits per heavy atom. The molecule has 0 spiro atoms. The van der Waals surface area contributed by atoms with Crippen molar-refractivity contribution >= 4 is 44.2 Å². The van der Waals surface area contributed by atoms with Crippen LogP contribution in [0.25, 0.3) is 0 Å². The molecule has 2 aromatic carbocycles. The molecule has 216 valence electrons. The third kappa shape index (κ3) is 6.53. The molecule has 1 saturated carbocycles. The molecule has 1 amide bonds. The largest absolute Gasteiger partial charge is 0.478 e. The fourth-order valence-corrected chi connectivity index (χ4v) is 6.55. The Hall–Kier alpha value is -3.92. The first-order valence-electron chi connectivity index (χ1n) is 12.6. The van der Waals surface area contributed by atoms with Gasteiger partial charge in [0.25, 0.3) is 5.91 Å². The van der Waals surface area contributed by atoms with E-state index in [4.69, 9.17) is 14.2 Å². The zero-order chi connectivity index (χ0) is 29.1. The van der Waals surface area contributed by atoms with Crippen LogP contribution in [0.4, 0.5) is 5.13 Å². The van der Waals surface area contributed by atoms with Gasteiger partial charge in [0.15, 0.2) is 15.9 Å². The van der Waals surface area contributed by atoms with E-state index in [0.717, 1.165) is 17.4 Å². The number of rotatable bonds is 11. The topological polar surface area (TPSA) is 191 Å². The lowest BCUT2D eigenvalue weighted by Crippen LogP contribution is -2.31. The molecule has 15 heteroatoms. The predicted molar refractivity (Wildman–Crippen MR) is 143 cm³/mol. The zero-order valence-electron chi connectivity index (χ0n) is 21.4. The summed E-state index contributed by atoms with van der Waals surface area (Å²) in [6.45, 7) is 0.964. The van der Waals surface area contributed by atoms with E-state index in [1.165, 1.54) is 24.3 Å². The Balaban J connectivity index is 1.34. The van der Waals surface area contributed by atoms with Gasteiger partial charge < -0.3 is 24.4 Å². The molecule has 1 aliphatic carbocycles. The highest BCUT2D eigenvalue weighted by atomic mass is 32.2. The molecule has 0 radical (unpaired) electrons. The second kappa shape index (κ2) is 11.9. The van der Waals surface area contributed by atoms with Crippen LogP contribution in [0.3, 0.4) is 0 Å². The summed E-state index contributed by atoms with van der Waals surface area (Å²) in [7, 11) is -3.40.